The highest BCUT2D eigenvalue weighted by Gasteiger charge is 2.31. The van der Waals surface area contributed by atoms with Gasteiger partial charge in [0.2, 0.25) is 0 Å². The molecule has 7 heteroatoms. The Morgan fingerprint density at radius 2 is 1.89 bits per heavy atom. The maximum atomic E-state index is 13.2. The summed E-state index contributed by atoms with van der Waals surface area (Å²) in [5.41, 5.74) is 1.76. The van der Waals surface area contributed by atoms with Crippen molar-refractivity contribution in [3.8, 4) is 5.75 Å². The van der Waals surface area contributed by atoms with Gasteiger partial charge in [-0.1, -0.05) is 24.3 Å². The van der Waals surface area contributed by atoms with Crippen molar-refractivity contribution in [2.45, 2.75) is 18.9 Å². The maximum absolute atomic E-state index is 13.2. The Hall–Kier alpha value is -3.09. The van der Waals surface area contributed by atoms with E-state index in [1.54, 1.807) is 19.2 Å². The van der Waals surface area contributed by atoms with E-state index in [9.17, 15) is 14.0 Å². The van der Waals surface area contributed by atoms with Gasteiger partial charge in [-0.2, -0.15) is 0 Å². The first-order chi connectivity index (χ1) is 13.5. The second-order valence-corrected chi connectivity index (χ2v) is 6.88. The Labute approximate surface area is 162 Å². The number of rotatable bonds is 6. The van der Waals surface area contributed by atoms with Gasteiger partial charge >= 0.3 is 12.0 Å². The quantitative estimate of drug-likeness (QED) is 0.799. The average Bonchev–Trinajstić information content (AvgIpc) is 3.20. The summed E-state index contributed by atoms with van der Waals surface area (Å²) in [6.07, 6.45) is 0.933. The van der Waals surface area contributed by atoms with Gasteiger partial charge in [0, 0.05) is 13.1 Å². The summed E-state index contributed by atoms with van der Waals surface area (Å²) in [6.45, 7) is 0.613. The lowest BCUT2D eigenvalue weighted by Crippen LogP contribution is -2.41. The normalized spacial score (nSPS) is 17.2. The number of halogens is 1. The molecule has 1 aliphatic heterocycles. The summed E-state index contributed by atoms with van der Waals surface area (Å²) in [4.78, 5) is 25.4. The molecule has 0 aliphatic carbocycles. The second kappa shape index (κ2) is 8.73. The standard InChI is InChI=1S/C21H23FN2O4/c1-28-18-8-4-15(5-9-18)19(12-14-2-6-17(22)7-3-14)23-21(27)24-11-10-16(13-24)20(25)26/h2-9,16,19H,10-13H2,1H3,(H,23,27)(H,25,26). The number of benzene rings is 2. The van der Waals surface area contributed by atoms with Crippen LogP contribution in [0.2, 0.25) is 0 Å². The van der Waals surface area contributed by atoms with E-state index < -0.39 is 11.9 Å². The fourth-order valence-electron chi connectivity index (χ4n) is 3.33. The zero-order valence-corrected chi connectivity index (χ0v) is 15.6. The number of carboxylic acid groups (broad SMARTS) is 1. The van der Waals surface area contributed by atoms with E-state index in [1.807, 2.05) is 24.3 Å². The number of likely N-dealkylation sites (tertiary alicyclic amines) is 1. The van der Waals surface area contributed by atoms with E-state index in [0.717, 1.165) is 11.1 Å². The van der Waals surface area contributed by atoms with Crippen LogP contribution in [0.1, 0.15) is 23.6 Å². The molecule has 0 radical (unpaired) electrons. The zero-order valence-electron chi connectivity index (χ0n) is 15.6. The van der Waals surface area contributed by atoms with Gasteiger partial charge in [0.25, 0.3) is 0 Å². The van der Waals surface area contributed by atoms with Crippen molar-refractivity contribution in [3.63, 3.8) is 0 Å². The molecule has 1 heterocycles. The number of methoxy groups -OCH3 is 1. The highest BCUT2D eigenvalue weighted by atomic mass is 19.1. The van der Waals surface area contributed by atoms with Crippen LogP contribution in [0, 0.1) is 11.7 Å². The highest BCUT2D eigenvalue weighted by molar-refractivity contribution is 5.77. The molecule has 1 fully saturated rings. The summed E-state index contributed by atoms with van der Waals surface area (Å²) in [7, 11) is 1.58. The first kappa shape index (κ1) is 19.7. The number of ether oxygens (including phenoxy) is 1. The number of hydrogen-bond donors (Lipinski definition) is 2. The van der Waals surface area contributed by atoms with Gasteiger partial charge in [0.05, 0.1) is 19.1 Å². The van der Waals surface area contributed by atoms with Crippen LogP contribution in [-0.2, 0) is 11.2 Å². The van der Waals surface area contributed by atoms with Crippen molar-refractivity contribution in [1.29, 1.82) is 0 Å². The fraction of sp³-hybridized carbons (Fsp3) is 0.333. The second-order valence-electron chi connectivity index (χ2n) is 6.88. The van der Waals surface area contributed by atoms with Crippen molar-refractivity contribution in [3.05, 3.63) is 65.5 Å². The van der Waals surface area contributed by atoms with Crippen LogP contribution in [0.25, 0.3) is 0 Å². The third-order valence-electron chi connectivity index (χ3n) is 4.99. The number of hydrogen-bond acceptors (Lipinski definition) is 3. The van der Waals surface area contributed by atoms with Crippen molar-refractivity contribution in [2.24, 2.45) is 5.92 Å². The van der Waals surface area contributed by atoms with Crippen LogP contribution in [0.4, 0.5) is 9.18 Å². The molecule has 3 rings (SSSR count). The number of carbonyl (C=O) groups excluding carboxylic acids is 1. The minimum Gasteiger partial charge on any atom is -0.497 e. The van der Waals surface area contributed by atoms with Crippen LogP contribution >= 0.6 is 0 Å². The Bertz CT molecular complexity index is 823. The van der Waals surface area contributed by atoms with Crippen LogP contribution in [0.15, 0.2) is 48.5 Å². The Morgan fingerprint density at radius 3 is 2.46 bits per heavy atom. The average molecular weight is 386 g/mol. The number of nitrogens with one attached hydrogen (secondary N) is 1. The Balaban J connectivity index is 1.76. The molecule has 1 saturated heterocycles. The highest BCUT2D eigenvalue weighted by Crippen LogP contribution is 2.23. The number of carbonyl (C=O) groups is 2. The molecule has 2 atom stereocenters. The van der Waals surface area contributed by atoms with E-state index in [2.05, 4.69) is 5.32 Å². The molecule has 148 valence electrons. The number of aliphatic carboxylic acids is 1. The van der Waals surface area contributed by atoms with Gasteiger partial charge in [0.1, 0.15) is 11.6 Å². The fourth-order valence-corrected chi connectivity index (χ4v) is 3.33. The Morgan fingerprint density at radius 1 is 1.21 bits per heavy atom. The third kappa shape index (κ3) is 4.79. The van der Waals surface area contributed by atoms with Crippen LogP contribution in [-0.4, -0.2) is 42.2 Å². The van der Waals surface area contributed by atoms with Gasteiger partial charge < -0.3 is 20.1 Å². The number of amides is 2. The lowest BCUT2D eigenvalue weighted by Gasteiger charge is -2.24. The maximum Gasteiger partial charge on any atom is 0.317 e. The minimum absolute atomic E-state index is 0.201. The van der Waals surface area contributed by atoms with Crippen molar-refractivity contribution in [2.75, 3.05) is 20.2 Å². The molecule has 6 nitrogen and oxygen atoms in total. The van der Waals surface area contributed by atoms with Gasteiger partial charge in [-0.15, -0.1) is 0 Å². The van der Waals surface area contributed by atoms with Gasteiger partial charge in [-0.05, 0) is 48.2 Å². The molecule has 2 aromatic carbocycles. The van der Waals surface area contributed by atoms with Crippen LogP contribution in [0.3, 0.4) is 0 Å². The van der Waals surface area contributed by atoms with Crippen molar-refractivity contribution < 1.29 is 23.8 Å². The smallest absolute Gasteiger partial charge is 0.317 e. The molecule has 0 spiro atoms. The van der Waals surface area contributed by atoms with Gasteiger partial charge in [0.15, 0.2) is 0 Å². The van der Waals surface area contributed by atoms with E-state index in [1.165, 1.54) is 17.0 Å². The van der Waals surface area contributed by atoms with Crippen molar-refractivity contribution >= 4 is 12.0 Å². The largest absolute Gasteiger partial charge is 0.497 e. The first-order valence-electron chi connectivity index (χ1n) is 9.13. The number of carboxylic acids is 1. The van der Waals surface area contributed by atoms with Gasteiger partial charge in [-0.3, -0.25) is 4.79 Å². The molecule has 28 heavy (non-hydrogen) atoms. The molecule has 2 N–H and O–H groups in total. The lowest BCUT2D eigenvalue weighted by atomic mass is 9.98. The summed E-state index contributed by atoms with van der Waals surface area (Å²) >= 11 is 0. The van der Waals surface area contributed by atoms with Crippen LogP contribution < -0.4 is 10.1 Å². The van der Waals surface area contributed by atoms with E-state index in [-0.39, 0.29) is 24.4 Å². The molecule has 0 bridgehead atoms. The Kier molecular flexibility index (Phi) is 6.13. The van der Waals surface area contributed by atoms with Gasteiger partial charge in [-0.25, -0.2) is 9.18 Å². The minimum atomic E-state index is -0.881. The molecule has 0 aromatic heterocycles. The third-order valence-corrected chi connectivity index (χ3v) is 4.99. The summed E-state index contributed by atoms with van der Waals surface area (Å²) in [5, 5.41) is 12.1. The summed E-state index contributed by atoms with van der Waals surface area (Å²) in [5.74, 6) is -1.01. The van der Waals surface area contributed by atoms with Crippen LogP contribution in [0.5, 0.6) is 5.75 Å². The molecular formula is C21H23FN2O4. The molecule has 1 aliphatic rings. The number of nitrogens with zero attached hydrogens (tertiary/aromatic N) is 1. The molecule has 2 amide bonds. The van der Waals surface area contributed by atoms with E-state index in [0.29, 0.717) is 25.1 Å². The molecule has 0 saturated carbocycles. The molecule has 2 unspecified atom stereocenters. The summed E-state index contributed by atoms with van der Waals surface area (Å²) in [6, 6.07) is 12.9. The SMILES string of the molecule is COc1ccc(C(Cc2ccc(F)cc2)NC(=O)N2CCC(C(=O)O)C2)cc1. The topological polar surface area (TPSA) is 78.9 Å². The predicted molar refractivity (Wildman–Crippen MR) is 102 cm³/mol. The van der Waals surface area contributed by atoms with E-state index in [4.69, 9.17) is 9.84 Å². The van der Waals surface area contributed by atoms with E-state index >= 15 is 0 Å². The molecule has 2 aromatic rings. The zero-order chi connectivity index (χ0) is 20.1. The predicted octanol–water partition coefficient (Wildman–Crippen LogP) is 3.23. The monoisotopic (exact) mass is 386 g/mol. The first-order valence-corrected chi connectivity index (χ1v) is 9.13. The lowest BCUT2D eigenvalue weighted by molar-refractivity contribution is -0.141. The number of urea groups is 1. The molecular weight excluding hydrogens is 363 g/mol. The van der Waals surface area contributed by atoms with Crippen molar-refractivity contribution in [1.82, 2.24) is 10.2 Å². The summed E-state index contributed by atoms with van der Waals surface area (Å²) < 4.78 is 18.4.